The van der Waals surface area contributed by atoms with Crippen molar-refractivity contribution in [1.29, 1.82) is 0 Å². The second-order valence-corrected chi connectivity index (χ2v) is 5.67. The molecule has 1 fully saturated rings. The summed E-state index contributed by atoms with van der Waals surface area (Å²) in [4.78, 5) is 34.4. The fourth-order valence-corrected chi connectivity index (χ4v) is 2.50. The summed E-state index contributed by atoms with van der Waals surface area (Å²) in [6.07, 6.45) is -7.14. The van der Waals surface area contributed by atoms with Crippen molar-refractivity contribution in [3.05, 3.63) is 35.9 Å². The second-order valence-electron chi connectivity index (χ2n) is 5.67. The number of aliphatic hydroxyl groups excluding tert-OH is 2. The van der Waals surface area contributed by atoms with Crippen molar-refractivity contribution in [2.45, 2.75) is 44.6 Å². The average Bonchev–Trinajstić information content (AvgIpc) is 2.59. The summed E-state index contributed by atoms with van der Waals surface area (Å²) in [5.41, 5.74) is 0.299. The van der Waals surface area contributed by atoms with Crippen molar-refractivity contribution in [1.82, 2.24) is 0 Å². The van der Waals surface area contributed by atoms with Gasteiger partial charge in [-0.3, -0.25) is 9.59 Å². The van der Waals surface area contributed by atoms with Crippen LogP contribution in [-0.2, 0) is 28.5 Å². The summed E-state index contributed by atoms with van der Waals surface area (Å²) in [5.74, 6) is -2.15. The van der Waals surface area contributed by atoms with Gasteiger partial charge in [-0.25, -0.2) is 4.79 Å². The zero-order valence-electron chi connectivity index (χ0n) is 14.2. The number of carbonyl (C=O) groups excluding carboxylic acids is 3. The van der Waals surface area contributed by atoms with Crippen LogP contribution >= 0.6 is 0 Å². The number of carbonyl (C=O) groups is 3. The van der Waals surface area contributed by atoms with E-state index in [2.05, 4.69) is 0 Å². The Labute approximate surface area is 149 Å². The summed E-state index contributed by atoms with van der Waals surface area (Å²) in [7, 11) is 0. The highest BCUT2D eigenvalue weighted by Crippen LogP contribution is 2.25. The minimum Gasteiger partial charge on any atom is -0.459 e. The third kappa shape index (κ3) is 5.01. The average molecular weight is 368 g/mol. The molecule has 0 aliphatic carbocycles. The zero-order chi connectivity index (χ0) is 19.3. The molecule has 2 N–H and O–H groups in total. The molecule has 1 saturated heterocycles. The van der Waals surface area contributed by atoms with Crippen molar-refractivity contribution in [3.63, 3.8) is 0 Å². The molecule has 0 aromatic heterocycles. The van der Waals surface area contributed by atoms with E-state index in [1.807, 2.05) is 0 Å². The number of hydrogen-bond donors (Lipinski definition) is 2. The zero-order valence-corrected chi connectivity index (χ0v) is 14.2. The first kappa shape index (κ1) is 19.8. The minimum absolute atomic E-state index is 0.299. The van der Waals surface area contributed by atoms with E-state index in [0.717, 1.165) is 13.8 Å². The number of aliphatic hydroxyl groups is 2. The Morgan fingerprint density at radius 2 is 1.58 bits per heavy atom. The van der Waals surface area contributed by atoms with Crippen LogP contribution in [0, 0.1) is 0 Å². The normalized spacial score (nSPS) is 28.1. The van der Waals surface area contributed by atoms with E-state index in [1.165, 1.54) is 0 Å². The van der Waals surface area contributed by atoms with Crippen LogP contribution in [-0.4, -0.2) is 65.4 Å². The molecule has 0 bridgehead atoms. The van der Waals surface area contributed by atoms with E-state index >= 15 is 0 Å². The Hall–Kier alpha value is -2.49. The van der Waals surface area contributed by atoms with E-state index in [1.54, 1.807) is 30.3 Å². The number of benzene rings is 1. The molecule has 26 heavy (non-hydrogen) atoms. The van der Waals surface area contributed by atoms with Crippen LogP contribution in [0.4, 0.5) is 0 Å². The molecule has 5 atom stereocenters. The maximum Gasteiger partial charge on any atom is 0.338 e. The van der Waals surface area contributed by atoms with Crippen molar-refractivity contribution < 1.29 is 43.5 Å². The highest BCUT2D eigenvalue weighted by molar-refractivity contribution is 5.89. The Morgan fingerprint density at radius 3 is 2.15 bits per heavy atom. The van der Waals surface area contributed by atoms with Crippen LogP contribution in [0.25, 0.3) is 0 Å². The topological polar surface area (TPSA) is 129 Å². The van der Waals surface area contributed by atoms with Crippen LogP contribution in [0.3, 0.4) is 0 Å². The number of rotatable bonds is 5. The lowest BCUT2D eigenvalue weighted by atomic mass is 9.98. The Balaban J connectivity index is 2.06. The molecule has 0 unspecified atom stereocenters. The van der Waals surface area contributed by atoms with Gasteiger partial charge < -0.3 is 29.2 Å². The Kier molecular flexibility index (Phi) is 6.67. The number of hydrogen-bond acceptors (Lipinski definition) is 9. The Morgan fingerprint density at radius 1 is 1.00 bits per heavy atom. The van der Waals surface area contributed by atoms with Crippen LogP contribution < -0.4 is 0 Å². The lowest BCUT2D eigenvalue weighted by Gasteiger charge is -2.41. The van der Waals surface area contributed by atoms with Gasteiger partial charge in [0.1, 0.15) is 18.8 Å². The SMILES string of the molecule is CC(=O)O[C@H]1[C@H](O)[C@@H](COC(=O)c2ccccc2)O[C@H](O)[C@H]1OC(C)=O. The molecule has 1 aromatic rings. The van der Waals surface area contributed by atoms with Gasteiger partial charge in [-0.15, -0.1) is 0 Å². The summed E-state index contributed by atoms with van der Waals surface area (Å²) in [6, 6.07) is 8.15. The van der Waals surface area contributed by atoms with Gasteiger partial charge in [0.15, 0.2) is 18.5 Å². The molecule has 1 aliphatic rings. The van der Waals surface area contributed by atoms with Crippen molar-refractivity contribution in [3.8, 4) is 0 Å². The molecular formula is C17H20O9. The standard InChI is InChI=1S/C17H20O9/c1-9(18)24-14-13(20)12(26-17(22)15(14)25-10(2)19)8-23-16(21)11-6-4-3-5-7-11/h3-7,12-15,17,20,22H,8H2,1-2H3/t12-,13-,14+,15+,17+/m1/s1. The first-order valence-corrected chi connectivity index (χ1v) is 7.87. The van der Waals surface area contributed by atoms with Gasteiger partial charge in [0.25, 0.3) is 0 Å². The van der Waals surface area contributed by atoms with Gasteiger partial charge in [-0.05, 0) is 12.1 Å². The Bertz CT molecular complexity index is 645. The largest absolute Gasteiger partial charge is 0.459 e. The predicted molar refractivity (Wildman–Crippen MR) is 84.7 cm³/mol. The summed E-state index contributed by atoms with van der Waals surface area (Å²) >= 11 is 0. The van der Waals surface area contributed by atoms with Crippen molar-refractivity contribution in [2.75, 3.05) is 6.61 Å². The van der Waals surface area contributed by atoms with Crippen molar-refractivity contribution in [2.24, 2.45) is 0 Å². The van der Waals surface area contributed by atoms with Gasteiger partial charge >= 0.3 is 17.9 Å². The van der Waals surface area contributed by atoms with Crippen LogP contribution in [0.15, 0.2) is 30.3 Å². The molecule has 1 aromatic carbocycles. The molecule has 1 aliphatic heterocycles. The van der Waals surface area contributed by atoms with Crippen LogP contribution in [0.1, 0.15) is 24.2 Å². The van der Waals surface area contributed by atoms with E-state index in [-0.39, 0.29) is 0 Å². The van der Waals surface area contributed by atoms with E-state index in [0.29, 0.717) is 5.56 Å². The number of ether oxygens (including phenoxy) is 4. The van der Waals surface area contributed by atoms with Crippen molar-refractivity contribution >= 4 is 17.9 Å². The van der Waals surface area contributed by atoms with E-state index in [9.17, 15) is 24.6 Å². The first-order valence-electron chi connectivity index (χ1n) is 7.87. The first-order chi connectivity index (χ1) is 12.3. The molecule has 0 radical (unpaired) electrons. The fraction of sp³-hybridized carbons (Fsp3) is 0.471. The van der Waals surface area contributed by atoms with Gasteiger partial charge in [0.05, 0.1) is 5.56 Å². The van der Waals surface area contributed by atoms with Gasteiger partial charge in [0, 0.05) is 13.8 Å². The maximum absolute atomic E-state index is 12.0. The lowest BCUT2D eigenvalue weighted by molar-refractivity contribution is -0.292. The summed E-state index contributed by atoms with van der Waals surface area (Å²) in [6.45, 7) is 1.79. The van der Waals surface area contributed by atoms with E-state index in [4.69, 9.17) is 18.9 Å². The summed E-state index contributed by atoms with van der Waals surface area (Å²) in [5, 5.41) is 20.4. The molecule has 0 amide bonds. The predicted octanol–water partition coefficient (Wildman–Crippen LogP) is -0.215. The second kappa shape index (κ2) is 8.75. The smallest absolute Gasteiger partial charge is 0.338 e. The molecule has 9 heteroatoms. The summed E-state index contributed by atoms with van der Waals surface area (Å²) < 4.78 is 20.1. The lowest BCUT2D eigenvalue weighted by Crippen LogP contribution is -2.61. The minimum atomic E-state index is -1.67. The van der Waals surface area contributed by atoms with E-state index < -0.39 is 55.2 Å². The number of esters is 3. The van der Waals surface area contributed by atoms with Gasteiger partial charge in [0.2, 0.25) is 0 Å². The maximum atomic E-state index is 12.0. The molecular weight excluding hydrogens is 348 g/mol. The quantitative estimate of drug-likeness (QED) is 0.535. The van der Waals surface area contributed by atoms with Crippen LogP contribution in [0.5, 0.6) is 0 Å². The molecule has 0 spiro atoms. The molecule has 2 rings (SSSR count). The molecule has 9 nitrogen and oxygen atoms in total. The highest BCUT2D eigenvalue weighted by atomic mass is 16.7. The van der Waals surface area contributed by atoms with Gasteiger partial charge in [-0.1, -0.05) is 18.2 Å². The fourth-order valence-electron chi connectivity index (χ4n) is 2.50. The monoisotopic (exact) mass is 368 g/mol. The third-order valence-electron chi connectivity index (χ3n) is 3.63. The van der Waals surface area contributed by atoms with Crippen LogP contribution in [0.2, 0.25) is 0 Å². The third-order valence-corrected chi connectivity index (χ3v) is 3.63. The van der Waals surface area contributed by atoms with Gasteiger partial charge in [-0.2, -0.15) is 0 Å². The molecule has 0 saturated carbocycles. The molecule has 142 valence electrons. The molecule has 1 heterocycles. The highest BCUT2D eigenvalue weighted by Gasteiger charge is 2.49.